The van der Waals surface area contributed by atoms with Crippen molar-refractivity contribution >= 4 is 22.7 Å². The van der Waals surface area contributed by atoms with Gasteiger partial charge in [0.05, 0.1) is 22.7 Å². The number of nitrogens with two attached hydrogens (primary N) is 4. The Kier molecular flexibility index (Phi) is 3.35. The lowest BCUT2D eigenvalue weighted by atomic mass is 9.92. The van der Waals surface area contributed by atoms with Gasteiger partial charge < -0.3 is 22.9 Å². The Morgan fingerprint density at radius 3 is 1.91 bits per heavy atom. The zero-order valence-electron chi connectivity index (χ0n) is 12.1. The van der Waals surface area contributed by atoms with Crippen LogP contribution in [0.4, 0.5) is 22.7 Å². The van der Waals surface area contributed by atoms with E-state index in [1.54, 1.807) is 6.07 Å². The number of anilines is 4. The third-order valence-electron chi connectivity index (χ3n) is 3.74. The van der Waals surface area contributed by atoms with E-state index in [-0.39, 0.29) is 0 Å². The maximum absolute atomic E-state index is 6.24. The molecule has 0 atom stereocenters. The molecular weight excluding hydrogens is 272 g/mol. The predicted molar refractivity (Wildman–Crippen MR) is 95.0 cm³/mol. The predicted octanol–water partition coefficient (Wildman–Crippen LogP) is 3.35. The van der Waals surface area contributed by atoms with Gasteiger partial charge in [0, 0.05) is 5.56 Å². The first-order valence-electron chi connectivity index (χ1n) is 6.96. The van der Waals surface area contributed by atoms with Gasteiger partial charge in [-0.05, 0) is 34.9 Å². The van der Waals surface area contributed by atoms with E-state index in [1.165, 1.54) is 0 Å². The average molecular weight is 290 g/mol. The molecule has 4 heteroatoms. The van der Waals surface area contributed by atoms with Crippen LogP contribution in [0.3, 0.4) is 0 Å². The van der Waals surface area contributed by atoms with Crippen molar-refractivity contribution in [3.05, 3.63) is 60.7 Å². The summed E-state index contributed by atoms with van der Waals surface area (Å²) in [6.45, 7) is 0. The van der Waals surface area contributed by atoms with Gasteiger partial charge in [-0.1, -0.05) is 42.5 Å². The van der Waals surface area contributed by atoms with Crippen LogP contribution < -0.4 is 22.9 Å². The van der Waals surface area contributed by atoms with Gasteiger partial charge in [0.25, 0.3) is 0 Å². The van der Waals surface area contributed by atoms with Crippen LogP contribution in [-0.4, -0.2) is 0 Å². The molecule has 0 aliphatic carbocycles. The number of hydrogen-bond acceptors (Lipinski definition) is 4. The molecule has 0 fully saturated rings. The molecule has 0 amide bonds. The van der Waals surface area contributed by atoms with E-state index in [0.717, 1.165) is 22.3 Å². The van der Waals surface area contributed by atoms with Crippen LogP contribution in [0.15, 0.2) is 60.7 Å². The summed E-state index contributed by atoms with van der Waals surface area (Å²) in [5.74, 6) is 0. The van der Waals surface area contributed by atoms with E-state index in [1.807, 2.05) is 54.6 Å². The fourth-order valence-corrected chi connectivity index (χ4v) is 2.53. The van der Waals surface area contributed by atoms with Crippen molar-refractivity contribution in [3.8, 4) is 22.3 Å². The third kappa shape index (κ3) is 2.31. The first kappa shape index (κ1) is 13.8. The molecule has 0 saturated heterocycles. The molecule has 0 saturated carbocycles. The highest BCUT2D eigenvalue weighted by atomic mass is 14.7. The van der Waals surface area contributed by atoms with E-state index >= 15 is 0 Å². The maximum atomic E-state index is 6.24. The Hall–Kier alpha value is -3.14. The molecule has 4 nitrogen and oxygen atoms in total. The van der Waals surface area contributed by atoms with Crippen LogP contribution in [0.5, 0.6) is 0 Å². The minimum absolute atomic E-state index is 0.548. The number of hydrogen-bond donors (Lipinski definition) is 4. The van der Waals surface area contributed by atoms with E-state index in [9.17, 15) is 0 Å². The normalized spacial score (nSPS) is 10.5. The zero-order chi connectivity index (χ0) is 15.7. The Balaban J connectivity index is 2.28. The Morgan fingerprint density at radius 1 is 0.545 bits per heavy atom. The highest BCUT2D eigenvalue weighted by molar-refractivity contribution is 5.96. The van der Waals surface area contributed by atoms with Gasteiger partial charge in [0.1, 0.15) is 0 Å². The van der Waals surface area contributed by atoms with Gasteiger partial charge in [0.15, 0.2) is 0 Å². The van der Waals surface area contributed by atoms with Crippen molar-refractivity contribution in [2.75, 3.05) is 22.9 Å². The maximum Gasteiger partial charge on any atom is 0.0633 e. The van der Waals surface area contributed by atoms with Gasteiger partial charge in [-0.2, -0.15) is 0 Å². The molecule has 0 aromatic heterocycles. The van der Waals surface area contributed by atoms with Crippen molar-refractivity contribution in [3.63, 3.8) is 0 Å². The van der Waals surface area contributed by atoms with Gasteiger partial charge in [-0.3, -0.25) is 0 Å². The van der Waals surface area contributed by atoms with Crippen molar-refractivity contribution in [1.82, 2.24) is 0 Å². The monoisotopic (exact) mass is 290 g/mol. The molecule has 0 spiro atoms. The first-order valence-corrected chi connectivity index (χ1v) is 6.96. The Morgan fingerprint density at radius 2 is 1.23 bits per heavy atom. The molecule has 0 aliphatic heterocycles. The van der Waals surface area contributed by atoms with Gasteiger partial charge in [0.2, 0.25) is 0 Å². The van der Waals surface area contributed by atoms with Crippen LogP contribution in [0.2, 0.25) is 0 Å². The lowest BCUT2D eigenvalue weighted by Crippen LogP contribution is -2.00. The van der Waals surface area contributed by atoms with Crippen LogP contribution in [0, 0.1) is 0 Å². The first-order chi connectivity index (χ1) is 10.6. The molecule has 110 valence electrons. The SMILES string of the molecule is Nc1ccc(-c2ccc(N)c(N)c2-c2ccccc2)cc1N. The van der Waals surface area contributed by atoms with Crippen LogP contribution >= 0.6 is 0 Å². The van der Waals surface area contributed by atoms with E-state index in [4.69, 9.17) is 22.9 Å². The molecule has 8 N–H and O–H groups in total. The summed E-state index contributed by atoms with van der Waals surface area (Å²) < 4.78 is 0. The van der Waals surface area contributed by atoms with Crippen molar-refractivity contribution < 1.29 is 0 Å². The summed E-state index contributed by atoms with van der Waals surface area (Å²) in [6.07, 6.45) is 0. The molecular formula is C18H18N4. The summed E-state index contributed by atoms with van der Waals surface area (Å²) in [4.78, 5) is 0. The van der Waals surface area contributed by atoms with Gasteiger partial charge >= 0.3 is 0 Å². The lowest BCUT2D eigenvalue weighted by molar-refractivity contribution is 1.57. The van der Waals surface area contributed by atoms with Crippen molar-refractivity contribution in [1.29, 1.82) is 0 Å². The van der Waals surface area contributed by atoms with Gasteiger partial charge in [-0.25, -0.2) is 0 Å². The highest BCUT2D eigenvalue weighted by Gasteiger charge is 2.13. The fraction of sp³-hybridized carbons (Fsp3) is 0. The van der Waals surface area contributed by atoms with Crippen LogP contribution in [-0.2, 0) is 0 Å². The van der Waals surface area contributed by atoms with Crippen LogP contribution in [0.25, 0.3) is 22.3 Å². The minimum Gasteiger partial charge on any atom is -0.397 e. The molecule has 3 rings (SSSR count). The summed E-state index contributed by atoms with van der Waals surface area (Å²) in [6, 6.07) is 19.3. The molecule has 0 heterocycles. The van der Waals surface area contributed by atoms with E-state index in [2.05, 4.69) is 0 Å². The summed E-state index contributed by atoms with van der Waals surface area (Å²) in [7, 11) is 0. The average Bonchev–Trinajstić information content (AvgIpc) is 2.53. The second-order valence-electron chi connectivity index (χ2n) is 5.20. The second kappa shape index (κ2) is 5.33. The molecule has 0 radical (unpaired) electrons. The number of benzene rings is 3. The minimum atomic E-state index is 0.548. The smallest absolute Gasteiger partial charge is 0.0633 e. The summed E-state index contributed by atoms with van der Waals surface area (Å²) >= 11 is 0. The zero-order valence-corrected chi connectivity index (χ0v) is 12.1. The van der Waals surface area contributed by atoms with Crippen molar-refractivity contribution in [2.45, 2.75) is 0 Å². The summed E-state index contributed by atoms with van der Waals surface area (Å²) in [5.41, 5.74) is 30.1. The Bertz CT molecular complexity index is 826. The second-order valence-corrected chi connectivity index (χ2v) is 5.20. The third-order valence-corrected chi connectivity index (χ3v) is 3.74. The molecule has 3 aromatic rings. The standard InChI is InChI=1S/C18H18N4/c19-14-8-6-12(10-16(14)21)13-7-9-15(20)18(22)17(13)11-4-2-1-3-5-11/h1-10H,19-22H2. The quantitative estimate of drug-likeness (QED) is 0.543. The van der Waals surface area contributed by atoms with Crippen LogP contribution in [0.1, 0.15) is 0 Å². The largest absolute Gasteiger partial charge is 0.397 e. The van der Waals surface area contributed by atoms with Crippen molar-refractivity contribution in [2.24, 2.45) is 0 Å². The molecule has 3 aromatic carbocycles. The fourth-order valence-electron chi connectivity index (χ4n) is 2.53. The summed E-state index contributed by atoms with van der Waals surface area (Å²) in [5, 5.41) is 0. The number of rotatable bonds is 2. The topological polar surface area (TPSA) is 104 Å². The molecule has 22 heavy (non-hydrogen) atoms. The molecule has 0 unspecified atom stereocenters. The lowest BCUT2D eigenvalue weighted by Gasteiger charge is -2.15. The highest BCUT2D eigenvalue weighted by Crippen LogP contribution is 2.40. The Labute approximate surface area is 129 Å². The van der Waals surface area contributed by atoms with Gasteiger partial charge in [-0.15, -0.1) is 0 Å². The van der Waals surface area contributed by atoms with E-state index in [0.29, 0.717) is 22.7 Å². The molecule has 0 bridgehead atoms. The number of nitrogen functional groups attached to an aromatic ring is 4. The van der Waals surface area contributed by atoms with E-state index < -0.39 is 0 Å². The molecule has 0 aliphatic rings.